The van der Waals surface area contributed by atoms with Gasteiger partial charge in [0.2, 0.25) is 5.72 Å². The minimum atomic E-state index is -1.17. The Morgan fingerprint density at radius 3 is 2.19 bits per heavy atom. The lowest BCUT2D eigenvalue weighted by atomic mass is 9.89. The molecule has 1 aliphatic rings. The molecule has 4 aromatic rings. The fraction of sp³-hybridized carbons (Fsp3) is 0.111. The summed E-state index contributed by atoms with van der Waals surface area (Å²) in [6.45, 7) is 0. The molecule has 158 valence electrons. The molecule has 5 heteroatoms. The van der Waals surface area contributed by atoms with Crippen molar-refractivity contribution >= 4 is 22.3 Å². The quantitative estimate of drug-likeness (QED) is 0.266. The Bertz CT molecular complexity index is 1400. The summed E-state index contributed by atoms with van der Waals surface area (Å²) < 4.78 is 12.3. The second-order valence-electron chi connectivity index (χ2n) is 7.88. The number of carbonyl (C=O) groups excluding carboxylic acids is 1. The van der Waals surface area contributed by atoms with Gasteiger partial charge < -0.3 is 9.15 Å². The predicted octanol–water partition coefficient (Wildman–Crippen LogP) is 4.87. The number of hydrogen-bond acceptors (Lipinski definition) is 5. The molecule has 0 amide bonds. The summed E-state index contributed by atoms with van der Waals surface area (Å²) in [7, 11) is 3.73. The van der Waals surface area contributed by atoms with Gasteiger partial charge >= 0.3 is 5.63 Å². The van der Waals surface area contributed by atoms with Gasteiger partial charge in [-0.05, 0) is 32.3 Å². The molecule has 0 radical (unpaired) electrons. The van der Waals surface area contributed by atoms with E-state index in [1.165, 1.54) is 6.08 Å². The van der Waals surface area contributed by atoms with E-state index in [0.717, 1.165) is 5.56 Å². The number of nitrogens with zero attached hydrogens (tertiary/aromatic N) is 1. The molecule has 5 rings (SSSR count). The van der Waals surface area contributed by atoms with E-state index in [1.54, 1.807) is 24.3 Å². The minimum Gasteiger partial charge on any atom is -0.462 e. The summed E-state index contributed by atoms with van der Waals surface area (Å²) in [4.78, 5) is 28.3. The van der Waals surface area contributed by atoms with Gasteiger partial charge in [-0.2, -0.15) is 0 Å². The lowest BCUT2D eigenvalue weighted by molar-refractivity contribution is 0.00480. The first-order valence-corrected chi connectivity index (χ1v) is 10.3. The molecule has 32 heavy (non-hydrogen) atoms. The first-order valence-electron chi connectivity index (χ1n) is 10.3. The number of fused-ring (bicyclic) bond motifs is 3. The van der Waals surface area contributed by atoms with Crippen molar-refractivity contribution in [3.8, 4) is 5.75 Å². The highest BCUT2D eigenvalue weighted by atomic mass is 16.5. The van der Waals surface area contributed by atoms with Crippen LogP contribution in [-0.2, 0) is 5.72 Å². The van der Waals surface area contributed by atoms with Crippen molar-refractivity contribution in [2.75, 3.05) is 14.1 Å². The Hall–Kier alpha value is -3.96. The number of benzene rings is 3. The van der Waals surface area contributed by atoms with Crippen LogP contribution in [0.4, 0.5) is 0 Å². The predicted molar refractivity (Wildman–Crippen MR) is 124 cm³/mol. The van der Waals surface area contributed by atoms with Crippen molar-refractivity contribution in [2.24, 2.45) is 0 Å². The number of likely N-dealkylation sites (N-methyl/N-ethyl adjacent to an activating group) is 1. The molecule has 0 bridgehead atoms. The van der Waals surface area contributed by atoms with Crippen LogP contribution in [0.25, 0.3) is 16.5 Å². The Morgan fingerprint density at radius 2 is 1.50 bits per heavy atom. The standard InChI is InChI=1S/C27H21NO4/c1-28(2)27(19-13-7-4-8-14-19)21(17-22(29)18-11-5-3-6-12-18)24-25(32-27)20-15-9-10-16-23(20)31-26(24)30/h3-17H,1-2H3. The minimum absolute atomic E-state index is 0.216. The zero-order valence-electron chi connectivity index (χ0n) is 17.7. The smallest absolute Gasteiger partial charge is 0.347 e. The first-order chi connectivity index (χ1) is 15.5. The number of ketones is 1. The maximum atomic E-state index is 13.2. The van der Waals surface area contributed by atoms with Gasteiger partial charge in [-0.1, -0.05) is 72.8 Å². The fourth-order valence-electron chi connectivity index (χ4n) is 4.29. The van der Waals surface area contributed by atoms with E-state index in [9.17, 15) is 9.59 Å². The summed E-state index contributed by atoms with van der Waals surface area (Å²) in [6.07, 6.45) is 1.50. The molecule has 1 unspecified atom stereocenters. The molecule has 1 atom stereocenters. The molecule has 0 fully saturated rings. The number of rotatable bonds is 4. The normalized spacial score (nSPS) is 18.7. The third kappa shape index (κ3) is 2.98. The molecule has 1 aliphatic heterocycles. The largest absolute Gasteiger partial charge is 0.462 e. The van der Waals surface area contributed by atoms with Crippen LogP contribution < -0.4 is 10.4 Å². The SMILES string of the molecule is CN(C)C1(c2ccccc2)Oc2c(c(=O)oc3ccccc23)C1=CC(=O)c1ccccc1. The third-order valence-corrected chi connectivity index (χ3v) is 5.78. The molecule has 0 saturated heterocycles. The van der Waals surface area contributed by atoms with Gasteiger partial charge in [0, 0.05) is 16.7 Å². The molecular weight excluding hydrogens is 402 g/mol. The average molecular weight is 423 g/mol. The molecular formula is C27H21NO4. The molecule has 0 N–H and O–H groups in total. The van der Waals surface area contributed by atoms with E-state index in [-0.39, 0.29) is 11.3 Å². The van der Waals surface area contributed by atoms with Crippen LogP contribution in [0.15, 0.2) is 100 Å². The maximum Gasteiger partial charge on any atom is 0.347 e. The molecule has 5 nitrogen and oxygen atoms in total. The second-order valence-corrected chi connectivity index (χ2v) is 7.88. The van der Waals surface area contributed by atoms with E-state index in [1.807, 2.05) is 79.7 Å². The highest BCUT2D eigenvalue weighted by molar-refractivity contribution is 6.10. The number of carbonyl (C=O) groups is 1. The van der Waals surface area contributed by atoms with Gasteiger partial charge in [0.15, 0.2) is 5.78 Å². The highest BCUT2D eigenvalue weighted by Gasteiger charge is 2.50. The second kappa shape index (κ2) is 7.62. The monoisotopic (exact) mass is 423 g/mol. The van der Waals surface area contributed by atoms with Crippen LogP contribution in [0.1, 0.15) is 21.5 Å². The van der Waals surface area contributed by atoms with E-state index in [4.69, 9.17) is 9.15 Å². The summed E-state index contributed by atoms with van der Waals surface area (Å²) in [5.74, 6) is 0.202. The topological polar surface area (TPSA) is 59.8 Å². The summed E-state index contributed by atoms with van der Waals surface area (Å²) in [5, 5.41) is 0.680. The average Bonchev–Trinajstić information content (AvgIpc) is 3.17. The van der Waals surface area contributed by atoms with Crippen LogP contribution in [-0.4, -0.2) is 24.8 Å². The summed E-state index contributed by atoms with van der Waals surface area (Å²) in [6, 6.07) is 25.8. The van der Waals surface area contributed by atoms with E-state index in [2.05, 4.69) is 0 Å². The van der Waals surface area contributed by atoms with Crippen molar-refractivity contribution in [1.29, 1.82) is 0 Å². The molecule has 1 aromatic heterocycles. The van der Waals surface area contributed by atoms with Gasteiger partial charge in [0.25, 0.3) is 0 Å². The van der Waals surface area contributed by atoms with E-state index >= 15 is 0 Å². The van der Waals surface area contributed by atoms with Crippen LogP contribution in [0.2, 0.25) is 0 Å². The van der Waals surface area contributed by atoms with Crippen molar-refractivity contribution in [2.45, 2.75) is 5.72 Å². The van der Waals surface area contributed by atoms with Gasteiger partial charge in [-0.15, -0.1) is 0 Å². The van der Waals surface area contributed by atoms with Crippen LogP contribution in [0, 0.1) is 0 Å². The number of ether oxygens (including phenoxy) is 1. The highest BCUT2D eigenvalue weighted by Crippen LogP contribution is 2.52. The Morgan fingerprint density at radius 1 is 0.875 bits per heavy atom. The van der Waals surface area contributed by atoms with Crippen LogP contribution in [0.3, 0.4) is 0 Å². The number of hydrogen-bond donors (Lipinski definition) is 0. The summed E-state index contributed by atoms with van der Waals surface area (Å²) in [5.41, 5.74) is 0.782. The lowest BCUT2D eigenvalue weighted by Gasteiger charge is -2.37. The Kier molecular flexibility index (Phi) is 4.76. The number of allylic oxidation sites excluding steroid dienone is 1. The molecule has 0 spiro atoms. The lowest BCUT2D eigenvalue weighted by Crippen LogP contribution is -2.45. The van der Waals surface area contributed by atoms with E-state index < -0.39 is 11.4 Å². The van der Waals surface area contributed by atoms with Gasteiger partial charge in [-0.3, -0.25) is 9.69 Å². The first kappa shape index (κ1) is 20.0. The van der Waals surface area contributed by atoms with Crippen molar-refractivity contribution in [1.82, 2.24) is 4.90 Å². The van der Waals surface area contributed by atoms with Crippen molar-refractivity contribution in [3.63, 3.8) is 0 Å². The molecule has 0 saturated carbocycles. The van der Waals surface area contributed by atoms with Crippen LogP contribution in [0.5, 0.6) is 5.75 Å². The van der Waals surface area contributed by atoms with Gasteiger partial charge in [0.05, 0.1) is 5.39 Å². The third-order valence-electron chi connectivity index (χ3n) is 5.78. The Labute approximate surface area is 185 Å². The molecule has 2 heterocycles. The Balaban J connectivity index is 1.85. The van der Waals surface area contributed by atoms with E-state index in [0.29, 0.717) is 27.9 Å². The molecule has 3 aromatic carbocycles. The van der Waals surface area contributed by atoms with Gasteiger partial charge in [-0.25, -0.2) is 4.79 Å². The summed E-state index contributed by atoms with van der Waals surface area (Å²) >= 11 is 0. The zero-order valence-corrected chi connectivity index (χ0v) is 17.7. The fourth-order valence-corrected chi connectivity index (χ4v) is 4.29. The van der Waals surface area contributed by atoms with Gasteiger partial charge in [0.1, 0.15) is 16.9 Å². The maximum absolute atomic E-state index is 13.2. The van der Waals surface area contributed by atoms with Crippen LogP contribution >= 0.6 is 0 Å². The zero-order chi connectivity index (χ0) is 22.3. The van der Waals surface area contributed by atoms with Crippen molar-refractivity contribution in [3.05, 3.63) is 118 Å². The van der Waals surface area contributed by atoms with Crippen molar-refractivity contribution < 1.29 is 13.9 Å². The number of para-hydroxylation sites is 1. The molecule has 0 aliphatic carbocycles.